The molecule has 0 heterocycles. The third-order valence-electron chi connectivity index (χ3n) is 8.20. The molecule has 5 rings (SSSR count). The zero-order chi connectivity index (χ0) is 17.4. The first-order valence-corrected chi connectivity index (χ1v) is 9.61. The van der Waals surface area contributed by atoms with Gasteiger partial charge in [0.15, 0.2) is 0 Å². The second-order valence-electron chi connectivity index (χ2n) is 9.26. The van der Waals surface area contributed by atoms with Crippen molar-refractivity contribution in [1.29, 1.82) is 0 Å². The highest BCUT2D eigenvalue weighted by Crippen LogP contribution is 2.81. The van der Waals surface area contributed by atoms with Crippen molar-refractivity contribution in [2.24, 2.45) is 22.2 Å². The van der Waals surface area contributed by atoms with Gasteiger partial charge in [-0.15, -0.1) is 0 Å². The fraction of sp³-hybridized carbons (Fsp3) is 0.458. The van der Waals surface area contributed by atoms with E-state index in [0.717, 1.165) is 12.8 Å². The van der Waals surface area contributed by atoms with E-state index in [4.69, 9.17) is 0 Å². The summed E-state index contributed by atoms with van der Waals surface area (Å²) in [5.41, 5.74) is 3.87. The summed E-state index contributed by atoms with van der Waals surface area (Å²) in [6.45, 7) is 6.91. The van der Waals surface area contributed by atoms with Gasteiger partial charge in [0.05, 0.1) is 0 Å². The molecule has 0 radical (unpaired) electrons. The van der Waals surface area contributed by atoms with Crippen LogP contribution in [0.1, 0.15) is 51.5 Å². The fourth-order valence-corrected chi connectivity index (χ4v) is 6.35. The van der Waals surface area contributed by atoms with Crippen molar-refractivity contribution in [2.75, 3.05) is 0 Å². The molecule has 1 nitrogen and oxygen atoms in total. The first kappa shape index (κ1) is 15.4. The van der Waals surface area contributed by atoms with Crippen LogP contribution in [0.4, 0.5) is 0 Å². The number of hydrogen-bond acceptors (Lipinski definition) is 1. The number of Topliss-reactive ketones (excluding diaryl/α,β-unsaturated/α-hetero) is 1. The van der Waals surface area contributed by atoms with E-state index in [1.54, 1.807) is 0 Å². The molecule has 128 valence electrons. The average molecular weight is 330 g/mol. The second-order valence-corrected chi connectivity index (χ2v) is 9.26. The molecule has 3 saturated carbocycles. The van der Waals surface area contributed by atoms with Gasteiger partial charge in [0.25, 0.3) is 0 Å². The van der Waals surface area contributed by atoms with Gasteiger partial charge < -0.3 is 0 Å². The van der Waals surface area contributed by atoms with E-state index in [9.17, 15) is 4.79 Å². The van der Waals surface area contributed by atoms with E-state index in [1.165, 1.54) is 23.1 Å². The lowest BCUT2D eigenvalue weighted by atomic mass is 9.70. The summed E-state index contributed by atoms with van der Waals surface area (Å²) in [6.07, 6.45) is 3.39. The Morgan fingerprint density at radius 3 is 2.12 bits per heavy atom. The Labute approximate surface area is 150 Å². The molecule has 1 spiro atoms. The molecule has 3 aliphatic rings. The van der Waals surface area contributed by atoms with E-state index in [1.807, 2.05) is 0 Å². The molecule has 2 bridgehead atoms. The van der Waals surface area contributed by atoms with Crippen LogP contribution in [-0.4, -0.2) is 5.78 Å². The van der Waals surface area contributed by atoms with Crippen LogP contribution in [0.5, 0.6) is 0 Å². The van der Waals surface area contributed by atoms with Gasteiger partial charge in [-0.25, -0.2) is 0 Å². The second kappa shape index (κ2) is 4.63. The number of fused-ring (bicyclic) bond motifs is 3. The Bertz CT molecular complexity index is 847. The molecule has 0 unspecified atom stereocenters. The summed E-state index contributed by atoms with van der Waals surface area (Å²) in [5, 5.41) is 0. The Kier molecular flexibility index (Phi) is 2.85. The molecule has 4 atom stereocenters. The van der Waals surface area contributed by atoms with Gasteiger partial charge in [0.2, 0.25) is 0 Å². The third-order valence-corrected chi connectivity index (χ3v) is 8.20. The predicted molar refractivity (Wildman–Crippen MR) is 101 cm³/mol. The number of benzene rings is 2. The molecule has 3 aliphatic carbocycles. The normalized spacial score (nSPS) is 37.6. The SMILES string of the molecule is CC1(C)[C@H]2CC[C@]1(C)C(=O)[C@@]21C[C@@H]1c1ccc(-c2ccccc2)cc1. The maximum atomic E-state index is 13.4. The van der Waals surface area contributed by atoms with Crippen molar-refractivity contribution in [3.63, 3.8) is 0 Å². The highest BCUT2D eigenvalue weighted by Gasteiger charge is 2.80. The Morgan fingerprint density at radius 2 is 1.52 bits per heavy atom. The van der Waals surface area contributed by atoms with Crippen molar-refractivity contribution in [2.45, 2.75) is 46.0 Å². The van der Waals surface area contributed by atoms with Crippen LogP contribution in [0.25, 0.3) is 11.1 Å². The average Bonchev–Trinajstić information content (AvgIpc) is 3.28. The lowest BCUT2D eigenvalue weighted by Gasteiger charge is -2.32. The molecular weight excluding hydrogens is 304 g/mol. The molecule has 0 aromatic heterocycles. The number of ketones is 1. The Balaban J connectivity index is 1.47. The minimum Gasteiger partial charge on any atom is -0.298 e. The van der Waals surface area contributed by atoms with Crippen molar-refractivity contribution in [3.05, 3.63) is 60.2 Å². The number of carbonyl (C=O) groups excluding carboxylic acids is 1. The zero-order valence-electron chi connectivity index (χ0n) is 15.4. The summed E-state index contributed by atoms with van der Waals surface area (Å²) in [4.78, 5) is 13.4. The maximum absolute atomic E-state index is 13.4. The van der Waals surface area contributed by atoms with Crippen LogP contribution in [-0.2, 0) is 4.79 Å². The summed E-state index contributed by atoms with van der Waals surface area (Å²) in [7, 11) is 0. The molecule has 2 aromatic carbocycles. The molecule has 3 fully saturated rings. The summed E-state index contributed by atoms with van der Waals surface area (Å²) < 4.78 is 0. The van der Waals surface area contributed by atoms with E-state index in [-0.39, 0.29) is 16.2 Å². The third kappa shape index (κ3) is 1.72. The van der Waals surface area contributed by atoms with Crippen LogP contribution in [0.2, 0.25) is 0 Å². The van der Waals surface area contributed by atoms with Gasteiger partial charge in [-0.05, 0) is 53.2 Å². The molecule has 25 heavy (non-hydrogen) atoms. The molecule has 0 aliphatic heterocycles. The molecule has 0 saturated heterocycles. The minimum absolute atomic E-state index is 0.0508. The van der Waals surface area contributed by atoms with Gasteiger partial charge in [-0.2, -0.15) is 0 Å². The molecule has 2 aromatic rings. The van der Waals surface area contributed by atoms with Gasteiger partial charge in [0.1, 0.15) is 5.78 Å². The van der Waals surface area contributed by atoms with Crippen molar-refractivity contribution in [1.82, 2.24) is 0 Å². The van der Waals surface area contributed by atoms with E-state index < -0.39 is 0 Å². The quantitative estimate of drug-likeness (QED) is 0.675. The number of carbonyl (C=O) groups is 1. The highest BCUT2D eigenvalue weighted by molar-refractivity contribution is 5.98. The van der Waals surface area contributed by atoms with Gasteiger partial charge in [0, 0.05) is 10.8 Å². The van der Waals surface area contributed by atoms with Crippen LogP contribution < -0.4 is 0 Å². The highest BCUT2D eigenvalue weighted by atomic mass is 16.1. The minimum atomic E-state index is -0.101. The van der Waals surface area contributed by atoms with Crippen LogP contribution in [0.15, 0.2) is 54.6 Å². The lowest BCUT2D eigenvalue weighted by Crippen LogP contribution is -2.34. The van der Waals surface area contributed by atoms with E-state index in [2.05, 4.69) is 75.4 Å². The van der Waals surface area contributed by atoms with Gasteiger partial charge in [-0.3, -0.25) is 4.79 Å². The standard InChI is InChI=1S/C24H26O/c1-22(2)20-13-14-23(22,3)21(25)24(20)15-19(24)18-11-9-17(10-12-18)16-7-5-4-6-8-16/h4-12,19-20H,13-15H2,1-3H3/t19-,20-,23-,24-/m1/s1. The number of hydrogen-bond donors (Lipinski definition) is 0. The van der Waals surface area contributed by atoms with Crippen LogP contribution >= 0.6 is 0 Å². The molecule has 1 heteroatoms. The van der Waals surface area contributed by atoms with Crippen molar-refractivity contribution >= 4 is 5.78 Å². The van der Waals surface area contributed by atoms with Gasteiger partial charge >= 0.3 is 0 Å². The Hall–Kier alpha value is -1.89. The van der Waals surface area contributed by atoms with E-state index in [0.29, 0.717) is 17.6 Å². The molecular formula is C24H26O. The predicted octanol–water partition coefficient (Wildman–Crippen LogP) is 5.85. The van der Waals surface area contributed by atoms with Crippen LogP contribution in [0, 0.1) is 22.2 Å². The topological polar surface area (TPSA) is 17.1 Å². The zero-order valence-corrected chi connectivity index (χ0v) is 15.4. The van der Waals surface area contributed by atoms with Crippen molar-refractivity contribution < 1.29 is 4.79 Å². The molecule has 0 N–H and O–H groups in total. The summed E-state index contributed by atoms with van der Waals surface area (Å²) in [6, 6.07) is 19.5. The molecule has 0 amide bonds. The van der Waals surface area contributed by atoms with Crippen molar-refractivity contribution in [3.8, 4) is 11.1 Å². The van der Waals surface area contributed by atoms with Gasteiger partial charge in [-0.1, -0.05) is 75.4 Å². The summed E-state index contributed by atoms with van der Waals surface area (Å²) in [5.74, 6) is 1.57. The first-order chi connectivity index (χ1) is 11.9. The lowest BCUT2D eigenvalue weighted by molar-refractivity contribution is -0.133. The first-order valence-electron chi connectivity index (χ1n) is 9.61. The maximum Gasteiger partial charge on any atom is 0.146 e. The fourth-order valence-electron chi connectivity index (χ4n) is 6.35. The summed E-state index contributed by atoms with van der Waals surface area (Å²) >= 11 is 0. The monoisotopic (exact) mass is 330 g/mol. The number of rotatable bonds is 2. The Morgan fingerprint density at radius 1 is 0.880 bits per heavy atom. The smallest absolute Gasteiger partial charge is 0.146 e. The van der Waals surface area contributed by atoms with Crippen LogP contribution in [0.3, 0.4) is 0 Å². The van der Waals surface area contributed by atoms with E-state index >= 15 is 0 Å². The largest absolute Gasteiger partial charge is 0.298 e.